The highest BCUT2D eigenvalue weighted by Gasteiger charge is 2.33. The normalized spacial score (nSPS) is 25.7. The molecule has 178 valence electrons. The molecule has 1 aromatic rings. The van der Waals surface area contributed by atoms with Crippen LogP contribution in [0.2, 0.25) is 0 Å². The maximum atomic E-state index is 10.7. The molecule has 3 fully saturated rings. The Balaban J connectivity index is 1.20. The van der Waals surface area contributed by atoms with Gasteiger partial charge in [-0.05, 0) is 94.6 Å². The third-order valence-corrected chi connectivity index (χ3v) is 7.43. The first-order chi connectivity index (χ1) is 15.6. The van der Waals surface area contributed by atoms with E-state index >= 15 is 0 Å². The van der Waals surface area contributed by atoms with Gasteiger partial charge in [0, 0.05) is 43.0 Å². The van der Waals surface area contributed by atoms with Crippen LogP contribution in [0.3, 0.4) is 0 Å². The summed E-state index contributed by atoms with van der Waals surface area (Å²) in [5.74, 6) is 1.81. The second kappa shape index (κ2) is 11.5. The zero-order valence-corrected chi connectivity index (χ0v) is 19.7. The Bertz CT molecular complexity index is 743. The summed E-state index contributed by atoms with van der Waals surface area (Å²) < 4.78 is 6.03. The van der Waals surface area contributed by atoms with Crippen molar-refractivity contribution < 1.29 is 9.84 Å². The van der Waals surface area contributed by atoms with Gasteiger partial charge in [0.05, 0.1) is 6.61 Å². The summed E-state index contributed by atoms with van der Waals surface area (Å²) in [4.78, 5) is 2.20. The minimum absolute atomic E-state index is 0.125. The van der Waals surface area contributed by atoms with Crippen molar-refractivity contribution in [1.29, 1.82) is 0 Å². The first-order valence-corrected chi connectivity index (χ1v) is 12.7. The van der Waals surface area contributed by atoms with Gasteiger partial charge in [0.15, 0.2) is 0 Å². The second-order valence-electron chi connectivity index (χ2n) is 9.89. The average molecular weight is 443 g/mol. The van der Waals surface area contributed by atoms with Crippen LogP contribution in [-0.2, 0) is 0 Å². The predicted octanol–water partition coefficient (Wildman–Crippen LogP) is 2.86. The molecule has 32 heavy (non-hydrogen) atoms. The Labute approximate surface area is 193 Å². The number of aliphatic hydroxyl groups excluding tert-OH is 1. The molecule has 0 aliphatic carbocycles. The molecule has 4 N–H and O–H groups in total. The molecule has 0 saturated carbocycles. The standard InChI is InChI=1S/C26H42N4O2/c1-19-16-23(32-15-5-6-21-9-11-27-12-10-21)7-8-24(19)20(2)29-22-17-25(28-18-22)26(31)30-13-3-4-14-30/h7-8,16,21-22,25-29,31H,2-6,9-15,17-18H2,1H3/t22-,25-,26?/m0/s1. The van der Waals surface area contributed by atoms with E-state index in [0.29, 0.717) is 0 Å². The molecule has 3 atom stereocenters. The number of likely N-dealkylation sites (tertiary alicyclic amines) is 1. The van der Waals surface area contributed by atoms with E-state index in [4.69, 9.17) is 4.74 Å². The molecule has 0 aromatic heterocycles. The fraction of sp³-hybridized carbons (Fsp3) is 0.692. The van der Waals surface area contributed by atoms with Crippen molar-refractivity contribution in [3.63, 3.8) is 0 Å². The molecule has 3 aliphatic heterocycles. The molecule has 1 aromatic carbocycles. The number of nitrogens with zero attached hydrogens (tertiary/aromatic N) is 1. The third kappa shape index (κ3) is 6.25. The first-order valence-electron chi connectivity index (χ1n) is 12.7. The van der Waals surface area contributed by atoms with Crippen LogP contribution in [0.15, 0.2) is 24.8 Å². The molecule has 0 radical (unpaired) electrons. The van der Waals surface area contributed by atoms with Crippen molar-refractivity contribution in [2.75, 3.05) is 39.3 Å². The summed E-state index contributed by atoms with van der Waals surface area (Å²) in [6.07, 6.45) is 7.91. The fourth-order valence-corrected chi connectivity index (χ4v) is 5.49. The molecule has 3 heterocycles. The molecule has 3 aliphatic rings. The zero-order valence-electron chi connectivity index (χ0n) is 19.7. The van der Waals surface area contributed by atoms with Gasteiger partial charge < -0.3 is 25.8 Å². The number of piperidine rings is 1. The molecule has 1 unspecified atom stereocenters. The van der Waals surface area contributed by atoms with E-state index in [1.54, 1.807) is 0 Å². The van der Waals surface area contributed by atoms with Crippen molar-refractivity contribution >= 4 is 5.70 Å². The minimum Gasteiger partial charge on any atom is -0.494 e. The Morgan fingerprint density at radius 2 is 2.06 bits per heavy atom. The predicted molar refractivity (Wildman–Crippen MR) is 131 cm³/mol. The molecular formula is C26H42N4O2. The molecule has 3 saturated heterocycles. The van der Waals surface area contributed by atoms with Crippen LogP contribution in [0, 0.1) is 12.8 Å². The van der Waals surface area contributed by atoms with Crippen molar-refractivity contribution in [2.24, 2.45) is 5.92 Å². The van der Waals surface area contributed by atoms with Crippen molar-refractivity contribution in [3.8, 4) is 5.75 Å². The van der Waals surface area contributed by atoms with E-state index in [0.717, 1.165) is 62.0 Å². The second-order valence-corrected chi connectivity index (χ2v) is 9.89. The van der Waals surface area contributed by atoms with Gasteiger partial charge in [0.1, 0.15) is 12.0 Å². The summed E-state index contributed by atoms with van der Waals surface area (Å²) in [6, 6.07) is 6.72. The summed E-state index contributed by atoms with van der Waals surface area (Å²) >= 11 is 0. The number of hydrogen-bond donors (Lipinski definition) is 4. The van der Waals surface area contributed by atoms with E-state index in [9.17, 15) is 5.11 Å². The van der Waals surface area contributed by atoms with E-state index < -0.39 is 0 Å². The van der Waals surface area contributed by atoms with E-state index in [-0.39, 0.29) is 18.3 Å². The highest BCUT2D eigenvalue weighted by molar-refractivity contribution is 5.65. The Kier molecular flexibility index (Phi) is 8.47. The lowest BCUT2D eigenvalue weighted by atomic mass is 9.93. The van der Waals surface area contributed by atoms with Gasteiger partial charge in [-0.25, -0.2) is 0 Å². The highest BCUT2D eigenvalue weighted by atomic mass is 16.5. The Hall–Kier alpha value is -1.60. The lowest BCUT2D eigenvalue weighted by molar-refractivity contribution is -0.00529. The molecule has 0 bridgehead atoms. The van der Waals surface area contributed by atoms with Gasteiger partial charge in [-0.15, -0.1) is 0 Å². The Morgan fingerprint density at radius 3 is 2.81 bits per heavy atom. The molecule has 4 rings (SSSR count). The average Bonchev–Trinajstić information content (AvgIpc) is 3.50. The summed E-state index contributed by atoms with van der Waals surface area (Å²) in [7, 11) is 0. The third-order valence-electron chi connectivity index (χ3n) is 7.43. The van der Waals surface area contributed by atoms with Crippen molar-refractivity contribution in [1.82, 2.24) is 20.9 Å². The van der Waals surface area contributed by atoms with E-state index in [1.165, 1.54) is 50.8 Å². The SMILES string of the molecule is C=C(N[C@@H]1CN[C@H](C(O)N2CCCC2)C1)c1ccc(OCCCC2CCNCC2)cc1C. The maximum Gasteiger partial charge on any atom is 0.122 e. The van der Waals surface area contributed by atoms with Crippen LogP contribution in [0.1, 0.15) is 56.1 Å². The molecule has 0 amide bonds. The van der Waals surface area contributed by atoms with Gasteiger partial charge in [0.25, 0.3) is 0 Å². The zero-order chi connectivity index (χ0) is 22.3. The molecule has 0 spiro atoms. The highest BCUT2D eigenvalue weighted by Crippen LogP contribution is 2.24. The van der Waals surface area contributed by atoms with Crippen LogP contribution in [0.4, 0.5) is 0 Å². The summed E-state index contributed by atoms with van der Waals surface area (Å²) in [5.41, 5.74) is 3.26. The van der Waals surface area contributed by atoms with Gasteiger partial charge in [0.2, 0.25) is 0 Å². The number of aryl methyl sites for hydroxylation is 1. The number of rotatable bonds is 10. The number of aliphatic hydroxyl groups is 1. The molecular weight excluding hydrogens is 400 g/mol. The first kappa shape index (κ1) is 23.6. The van der Waals surface area contributed by atoms with Gasteiger partial charge in [-0.2, -0.15) is 0 Å². The lowest BCUT2D eigenvalue weighted by Crippen LogP contribution is -2.46. The number of ether oxygens (including phenoxy) is 1. The largest absolute Gasteiger partial charge is 0.494 e. The van der Waals surface area contributed by atoms with Gasteiger partial charge >= 0.3 is 0 Å². The maximum absolute atomic E-state index is 10.7. The number of hydrogen-bond acceptors (Lipinski definition) is 6. The molecule has 6 heteroatoms. The quantitative estimate of drug-likeness (QED) is 0.418. The number of nitrogens with one attached hydrogen (secondary N) is 3. The lowest BCUT2D eigenvalue weighted by Gasteiger charge is -2.27. The monoisotopic (exact) mass is 442 g/mol. The minimum atomic E-state index is -0.384. The van der Waals surface area contributed by atoms with Crippen LogP contribution in [0.5, 0.6) is 5.75 Å². The van der Waals surface area contributed by atoms with Crippen LogP contribution < -0.4 is 20.7 Å². The van der Waals surface area contributed by atoms with Crippen molar-refractivity contribution in [2.45, 2.75) is 70.2 Å². The van der Waals surface area contributed by atoms with Crippen LogP contribution >= 0.6 is 0 Å². The van der Waals surface area contributed by atoms with Gasteiger partial charge in [-0.3, -0.25) is 4.90 Å². The Morgan fingerprint density at radius 1 is 1.28 bits per heavy atom. The summed E-state index contributed by atoms with van der Waals surface area (Å²) in [6.45, 7) is 12.4. The van der Waals surface area contributed by atoms with E-state index in [1.807, 2.05) is 0 Å². The topological polar surface area (TPSA) is 68.8 Å². The van der Waals surface area contributed by atoms with Crippen LogP contribution in [0.25, 0.3) is 5.70 Å². The van der Waals surface area contributed by atoms with E-state index in [2.05, 4.69) is 52.6 Å². The molecule has 6 nitrogen and oxygen atoms in total. The van der Waals surface area contributed by atoms with Crippen LogP contribution in [-0.4, -0.2) is 67.6 Å². The van der Waals surface area contributed by atoms with Crippen molar-refractivity contribution in [3.05, 3.63) is 35.9 Å². The fourth-order valence-electron chi connectivity index (χ4n) is 5.49. The smallest absolute Gasteiger partial charge is 0.122 e. The van der Waals surface area contributed by atoms with Gasteiger partial charge in [-0.1, -0.05) is 6.58 Å². The number of benzene rings is 1. The summed E-state index contributed by atoms with van der Waals surface area (Å²) in [5, 5.41) is 21.2.